The summed E-state index contributed by atoms with van der Waals surface area (Å²) in [5.74, 6) is 0. The number of hydrogen-bond donors (Lipinski definition) is 0. The summed E-state index contributed by atoms with van der Waals surface area (Å²) in [5, 5.41) is 1.23. The maximum Gasteiger partial charge on any atom is 0.0757 e. The van der Waals surface area contributed by atoms with Crippen molar-refractivity contribution in [2.24, 2.45) is 0 Å². The summed E-state index contributed by atoms with van der Waals surface area (Å²) < 4.78 is 0. The molecule has 2 aromatic carbocycles. The molecule has 3 aromatic rings. The van der Waals surface area contributed by atoms with Gasteiger partial charge >= 0.3 is 0 Å². The van der Waals surface area contributed by atoms with E-state index >= 15 is 0 Å². The lowest BCUT2D eigenvalue weighted by molar-refractivity contribution is 0.175. The predicted octanol–water partition coefficient (Wildman–Crippen LogP) is 5.45. The van der Waals surface area contributed by atoms with E-state index < -0.39 is 0 Å². The normalized spacial score (nSPS) is 17.0. The minimum absolute atomic E-state index is 0.401. The van der Waals surface area contributed by atoms with E-state index in [4.69, 9.17) is 4.98 Å². The van der Waals surface area contributed by atoms with Crippen LogP contribution in [0.2, 0.25) is 0 Å². The van der Waals surface area contributed by atoms with E-state index in [0.717, 1.165) is 11.2 Å². The van der Waals surface area contributed by atoms with Gasteiger partial charge in [-0.25, -0.2) is 4.98 Å². The summed E-state index contributed by atoms with van der Waals surface area (Å²) in [7, 11) is 0. The van der Waals surface area contributed by atoms with Gasteiger partial charge in [0.1, 0.15) is 0 Å². The average molecular weight is 316 g/mol. The lowest BCUT2D eigenvalue weighted by Gasteiger charge is -2.33. The van der Waals surface area contributed by atoms with Gasteiger partial charge in [0.15, 0.2) is 0 Å². The maximum absolute atomic E-state index is 5.03. The molecule has 1 aromatic heterocycles. The summed E-state index contributed by atoms with van der Waals surface area (Å²) in [6.07, 6.45) is 3.99. The lowest BCUT2D eigenvalue weighted by atomic mass is 9.96. The van der Waals surface area contributed by atoms with Crippen molar-refractivity contribution in [3.05, 3.63) is 66.2 Å². The third-order valence-electron chi connectivity index (χ3n) is 5.19. The van der Waals surface area contributed by atoms with Gasteiger partial charge in [-0.05, 0) is 50.6 Å². The van der Waals surface area contributed by atoms with Crippen LogP contribution in [-0.2, 0) is 0 Å². The Morgan fingerprint density at radius 3 is 2.38 bits per heavy atom. The molecule has 122 valence electrons. The summed E-state index contributed by atoms with van der Waals surface area (Å²) in [6, 6.07) is 21.8. The molecular weight excluding hydrogens is 292 g/mol. The Morgan fingerprint density at radius 2 is 1.58 bits per heavy atom. The number of benzene rings is 2. The number of likely N-dealkylation sites (tertiary alicyclic amines) is 1. The smallest absolute Gasteiger partial charge is 0.0757 e. The van der Waals surface area contributed by atoms with Crippen LogP contribution in [0, 0.1) is 0 Å². The Morgan fingerprint density at radius 1 is 0.875 bits per heavy atom. The number of hydrogen-bond acceptors (Lipinski definition) is 2. The second-order valence-corrected chi connectivity index (χ2v) is 6.76. The molecule has 4 rings (SSSR count). The summed E-state index contributed by atoms with van der Waals surface area (Å²) in [5.41, 5.74) is 4.77. The Hall–Kier alpha value is -2.19. The molecule has 0 aliphatic carbocycles. The quantitative estimate of drug-likeness (QED) is 0.639. The zero-order valence-electron chi connectivity index (χ0n) is 14.3. The third-order valence-corrected chi connectivity index (χ3v) is 5.19. The Bertz CT molecular complexity index is 820. The highest BCUT2D eigenvalue weighted by Crippen LogP contribution is 2.33. The zero-order chi connectivity index (χ0) is 16.4. The van der Waals surface area contributed by atoms with Crippen LogP contribution in [0.15, 0.2) is 60.7 Å². The second-order valence-electron chi connectivity index (χ2n) is 6.76. The molecule has 1 atom stereocenters. The van der Waals surface area contributed by atoms with Gasteiger partial charge in [-0.1, -0.05) is 55.0 Å². The molecule has 0 spiro atoms. The molecular formula is C22H24N2. The maximum atomic E-state index is 5.03. The van der Waals surface area contributed by atoms with E-state index in [1.165, 1.54) is 48.9 Å². The number of aromatic nitrogens is 1. The van der Waals surface area contributed by atoms with Crippen LogP contribution in [0.5, 0.6) is 0 Å². The van der Waals surface area contributed by atoms with E-state index in [-0.39, 0.29) is 0 Å². The lowest BCUT2D eigenvalue weighted by Crippen LogP contribution is -2.32. The van der Waals surface area contributed by atoms with Crippen molar-refractivity contribution in [1.29, 1.82) is 0 Å². The third kappa shape index (κ3) is 2.94. The Labute approximate surface area is 144 Å². The number of rotatable bonds is 3. The van der Waals surface area contributed by atoms with Crippen LogP contribution >= 0.6 is 0 Å². The molecule has 1 aliphatic heterocycles. The van der Waals surface area contributed by atoms with Gasteiger partial charge in [-0.3, -0.25) is 4.90 Å². The molecule has 0 radical (unpaired) electrons. The van der Waals surface area contributed by atoms with Crippen LogP contribution in [0.25, 0.3) is 22.2 Å². The highest BCUT2D eigenvalue weighted by atomic mass is 15.2. The van der Waals surface area contributed by atoms with Crippen molar-refractivity contribution in [1.82, 2.24) is 9.88 Å². The van der Waals surface area contributed by atoms with Gasteiger partial charge in [0, 0.05) is 17.0 Å². The average Bonchev–Trinajstić information content (AvgIpc) is 2.68. The van der Waals surface area contributed by atoms with Gasteiger partial charge in [-0.15, -0.1) is 0 Å². The second kappa shape index (κ2) is 6.74. The van der Waals surface area contributed by atoms with Crippen LogP contribution in [-0.4, -0.2) is 23.0 Å². The molecule has 1 fully saturated rings. The van der Waals surface area contributed by atoms with Crippen molar-refractivity contribution in [2.75, 3.05) is 13.1 Å². The fourth-order valence-electron chi connectivity index (χ4n) is 3.78. The van der Waals surface area contributed by atoms with Crippen LogP contribution in [0.3, 0.4) is 0 Å². The van der Waals surface area contributed by atoms with Gasteiger partial charge < -0.3 is 0 Å². The van der Waals surface area contributed by atoms with Crippen LogP contribution in [0.4, 0.5) is 0 Å². The van der Waals surface area contributed by atoms with E-state index in [9.17, 15) is 0 Å². The topological polar surface area (TPSA) is 16.1 Å². The van der Waals surface area contributed by atoms with Crippen molar-refractivity contribution < 1.29 is 0 Å². The number of piperidine rings is 1. The van der Waals surface area contributed by atoms with Crippen molar-refractivity contribution in [2.45, 2.75) is 32.2 Å². The molecule has 0 bridgehead atoms. The molecule has 2 heteroatoms. The van der Waals surface area contributed by atoms with E-state index in [0.29, 0.717) is 6.04 Å². The summed E-state index contributed by atoms with van der Waals surface area (Å²) in [4.78, 5) is 7.65. The van der Waals surface area contributed by atoms with Crippen LogP contribution in [0.1, 0.15) is 37.8 Å². The summed E-state index contributed by atoms with van der Waals surface area (Å²) in [6.45, 7) is 4.73. The molecule has 2 nitrogen and oxygen atoms in total. The molecule has 1 unspecified atom stereocenters. The van der Waals surface area contributed by atoms with Gasteiger partial charge in [-0.2, -0.15) is 0 Å². The number of pyridine rings is 1. The highest BCUT2D eigenvalue weighted by Gasteiger charge is 2.22. The molecule has 0 saturated carbocycles. The molecule has 0 amide bonds. The standard InChI is InChI=1S/C22H24N2/c1-17(24-14-8-3-9-15-24)20-16-19-12-6-7-13-21(19)23-22(20)18-10-4-2-5-11-18/h2,4-7,10-13,16-17H,3,8-9,14-15H2,1H3. The molecule has 1 aliphatic rings. The fraction of sp³-hybridized carbons (Fsp3) is 0.318. The Kier molecular flexibility index (Phi) is 4.31. The van der Waals surface area contributed by atoms with Crippen molar-refractivity contribution in [3.63, 3.8) is 0 Å². The first-order valence-corrected chi connectivity index (χ1v) is 9.02. The predicted molar refractivity (Wildman–Crippen MR) is 101 cm³/mol. The summed E-state index contributed by atoms with van der Waals surface area (Å²) >= 11 is 0. The minimum atomic E-state index is 0.401. The first-order chi connectivity index (χ1) is 11.8. The SMILES string of the molecule is CC(c1cc2ccccc2nc1-c1ccccc1)N1CCCCC1. The molecule has 1 saturated heterocycles. The van der Waals surface area contributed by atoms with Gasteiger partial charge in [0.05, 0.1) is 11.2 Å². The zero-order valence-corrected chi connectivity index (χ0v) is 14.3. The number of para-hydroxylation sites is 1. The first kappa shape index (κ1) is 15.3. The minimum Gasteiger partial charge on any atom is -0.297 e. The van der Waals surface area contributed by atoms with E-state index in [1.54, 1.807) is 0 Å². The molecule has 0 N–H and O–H groups in total. The van der Waals surface area contributed by atoms with Gasteiger partial charge in [0.25, 0.3) is 0 Å². The van der Waals surface area contributed by atoms with Crippen molar-refractivity contribution in [3.8, 4) is 11.3 Å². The number of fused-ring (bicyclic) bond motifs is 1. The fourth-order valence-corrected chi connectivity index (χ4v) is 3.78. The van der Waals surface area contributed by atoms with Crippen LogP contribution < -0.4 is 0 Å². The van der Waals surface area contributed by atoms with Gasteiger partial charge in [0.2, 0.25) is 0 Å². The van der Waals surface area contributed by atoms with E-state index in [1.807, 2.05) is 0 Å². The largest absolute Gasteiger partial charge is 0.297 e. The monoisotopic (exact) mass is 316 g/mol. The Balaban J connectivity index is 1.85. The first-order valence-electron chi connectivity index (χ1n) is 9.02. The highest BCUT2D eigenvalue weighted by molar-refractivity contribution is 5.83. The number of nitrogens with zero attached hydrogens (tertiary/aromatic N) is 2. The van der Waals surface area contributed by atoms with E-state index in [2.05, 4.69) is 72.5 Å². The molecule has 2 heterocycles. The van der Waals surface area contributed by atoms with Crippen molar-refractivity contribution >= 4 is 10.9 Å². The molecule has 24 heavy (non-hydrogen) atoms.